The van der Waals surface area contributed by atoms with Crippen molar-refractivity contribution >= 4 is 27.7 Å². The van der Waals surface area contributed by atoms with Crippen LogP contribution < -0.4 is 10.6 Å². The predicted molar refractivity (Wildman–Crippen MR) is 85.4 cm³/mol. The Kier molecular flexibility index (Phi) is 6.14. The Balaban J connectivity index is 1.89. The van der Waals surface area contributed by atoms with E-state index in [1.807, 2.05) is 0 Å². The van der Waals surface area contributed by atoms with Gasteiger partial charge in [-0.05, 0) is 19.3 Å². The molecule has 0 spiro atoms. The lowest BCUT2D eigenvalue weighted by Gasteiger charge is -2.25. The molecule has 2 aliphatic rings. The summed E-state index contributed by atoms with van der Waals surface area (Å²) in [6, 6.07) is 0.506. The third kappa shape index (κ3) is 4.79. The summed E-state index contributed by atoms with van der Waals surface area (Å²) in [4.78, 5) is 9.63. The van der Waals surface area contributed by atoms with Gasteiger partial charge >= 0.3 is 0 Å². The topological polar surface area (TPSA) is 48.8 Å². The summed E-state index contributed by atoms with van der Waals surface area (Å²) in [5, 5.41) is 6.70. The summed E-state index contributed by atoms with van der Waals surface area (Å²) in [6.07, 6.45) is 8.87. The molecular formula is C14H25BrN4. The Morgan fingerprint density at radius 1 is 1.37 bits per heavy atom. The number of nitrogens with zero attached hydrogens (tertiary/aromatic N) is 2. The number of rotatable bonds is 4. The molecule has 1 aliphatic carbocycles. The lowest BCUT2D eigenvalue weighted by molar-refractivity contribution is 0.442. The van der Waals surface area contributed by atoms with Gasteiger partial charge in [0.1, 0.15) is 5.84 Å². The van der Waals surface area contributed by atoms with Crippen LogP contribution in [0.1, 0.15) is 51.9 Å². The van der Waals surface area contributed by atoms with Gasteiger partial charge in [0.15, 0.2) is 5.96 Å². The van der Waals surface area contributed by atoms with Crippen molar-refractivity contribution < 1.29 is 0 Å². The van der Waals surface area contributed by atoms with E-state index in [1.165, 1.54) is 44.9 Å². The number of aliphatic imine (C=N–C) groups is 2. The molecule has 19 heavy (non-hydrogen) atoms. The van der Waals surface area contributed by atoms with Crippen LogP contribution in [0.4, 0.5) is 0 Å². The number of amidine groups is 1. The van der Waals surface area contributed by atoms with Crippen molar-refractivity contribution in [2.75, 3.05) is 13.1 Å². The van der Waals surface area contributed by atoms with E-state index in [4.69, 9.17) is 4.99 Å². The molecule has 108 valence electrons. The Morgan fingerprint density at radius 3 is 2.89 bits per heavy atom. The van der Waals surface area contributed by atoms with Crippen LogP contribution in [0.2, 0.25) is 0 Å². The number of hydrogen-bond donors (Lipinski definition) is 2. The normalized spacial score (nSPS) is 26.9. The highest BCUT2D eigenvalue weighted by molar-refractivity contribution is 9.10. The Labute approximate surface area is 124 Å². The molecule has 0 aromatic carbocycles. The zero-order chi connectivity index (χ0) is 13.5. The summed E-state index contributed by atoms with van der Waals surface area (Å²) in [5.74, 6) is 1.94. The SMILES string of the molecule is CCCCNC1=NCC(Br)C(=NC2CCCCC2)N1. The fraction of sp³-hybridized carbons (Fsp3) is 0.857. The molecule has 1 fully saturated rings. The first-order chi connectivity index (χ1) is 9.29. The van der Waals surface area contributed by atoms with E-state index in [9.17, 15) is 0 Å². The summed E-state index contributed by atoms with van der Waals surface area (Å²) in [7, 11) is 0. The minimum atomic E-state index is 0.242. The molecule has 1 heterocycles. The molecule has 1 atom stereocenters. The van der Waals surface area contributed by atoms with Gasteiger partial charge in [-0.3, -0.25) is 9.98 Å². The maximum absolute atomic E-state index is 4.89. The van der Waals surface area contributed by atoms with Crippen molar-refractivity contribution in [2.24, 2.45) is 9.98 Å². The van der Waals surface area contributed by atoms with Gasteiger partial charge in [0.05, 0.1) is 17.4 Å². The monoisotopic (exact) mass is 328 g/mol. The van der Waals surface area contributed by atoms with Crippen molar-refractivity contribution in [3.63, 3.8) is 0 Å². The van der Waals surface area contributed by atoms with Crippen molar-refractivity contribution in [3.8, 4) is 0 Å². The molecule has 0 bridgehead atoms. The summed E-state index contributed by atoms with van der Waals surface area (Å²) >= 11 is 3.66. The molecule has 0 radical (unpaired) electrons. The highest BCUT2D eigenvalue weighted by Crippen LogP contribution is 2.21. The van der Waals surface area contributed by atoms with Gasteiger partial charge in [-0.1, -0.05) is 48.5 Å². The standard InChI is InChI=1S/C14H25BrN4/c1-2-3-9-16-14-17-10-12(15)13(19-14)18-11-7-5-4-6-8-11/h11-12H,2-10H2,1H3,(H2,16,17,18,19). The highest BCUT2D eigenvalue weighted by atomic mass is 79.9. The van der Waals surface area contributed by atoms with Gasteiger partial charge in [0.25, 0.3) is 0 Å². The Hall–Kier alpha value is -0.580. The molecule has 0 aromatic heterocycles. The van der Waals surface area contributed by atoms with Gasteiger partial charge < -0.3 is 10.6 Å². The smallest absolute Gasteiger partial charge is 0.196 e. The Morgan fingerprint density at radius 2 is 2.16 bits per heavy atom. The van der Waals surface area contributed by atoms with E-state index in [0.717, 1.165) is 24.9 Å². The molecule has 0 amide bonds. The van der Waals surface area contributed by atoms with E-state index >= 15 is 0 Å². The van der Waals surface area contributed by atoms with Gasteiger partial charge in [-0.2, -0.15) is 0 Å². The van der Waals surface area contributed by atoms with Gasteiger partial charge in [0, 0.05) is 6.54 Å². The molecule has 1 aliphatic heterocycles. The third-order valence-corrected chi connectivity index (χ3v) is 4.40. The third-order valence-electron chi connectivity index (χ3n) is 3.67. The van der Waals surface area contributed by atoms with Crippen molar-refractivity contribution in [2.45, 2.75) is 62.7 Å². The second-order valence-electron chi connectivity index (χ2n) is 5.37. The molecule has 4 nitrogen and oxygen atoms in total. The predicted octanol–water partition coefficient (Wildman–Crippen LogP) is 2.83. The number of halogens is 1. The fourth-order valence-electron chi connectivity index (χ4n) is 2.50. The van der Waals surface area contributed by atoms with Crippen molar-refractivity contribution in [1.29, 1.82) is 0 Å². The molecule has 0 saturated heterocycles. The minimum Gasteiger partial charge on any atom is -0.356 e. The number of alkyl halides is 1. The molecule has 2 N–H and O–H groups in total. The van der Waals surface area contributed by atoms with Gasteiger partial charge in [-0.25, -0.2) is 0 Å². The summed E-state index contributed by atoms with van der Waals surface area (Å²) in [5.41, 5.74) is 0. The quantitative estimate of drug-likeness (QED) is 0.615. The number of guanidine groups is 1. The molecule has 0 aromatic rings. The second kappa shape index (κ2) is 7.88. The molecule has 1 unspecified atom stereocenters. The maximum atomic E-state index is 4.89. The number of nitrogens with one attached hydrogen (secondary N) is 2. The van der Waals surface area contributed by atoms with Crippen LogP contribution in [0.3, 0.4) is 0 Å². The maximum Gasteiger partial charge on any atom is 0.196 e. The van der Waals surface area contributed by atoms with Gasteiger partial charge in [0.2, 0.25) is 0 Å². The zero-order valence-corrected chi connectivity index (χ0v) is 13.4. The van der Waals surface area contributed by atoms with E-state index in [2.05, 4.69) is 38.5 Å². The number of hydrogen-bond acceptors (Lipinski definition) is 3. The lowest BCUT2D eigenvalue weighted by Crippen LogP contribution is -2.49. The van der Waals surface area contributed by atoms with Crippen LogP contribution in [0.5, 0.6) is 0 Å². The van der Waals surface area contributed by atoms with Crippen LogP contribution in [0.15, 0.2) is 9.98 Å². The van der Waals surface area contributed by atoms with Crippen LogP contribution in [-0.2, 0) is 0 Å². The molecule has 5 heteroatoms. The Bertz CT molecular complexity index is 334. The number of unbranched alkanes of at least 4 members (excludes halogenated alkanes) is 1. The van der Waals surface area contributed by atoms with Crippen LogP contribution in [-0.4, -0.2) is 35.8 Å². The van der Waals surface area contributed by atoms with Crippen molar-refractivity contribution in [1.82, 2.24) is 10.6 Å². The first-order valence-corrected chi connectivity index (χ1v) is 8.48. The van der Waals surface area contributed by atoms with E-state index in [-0.39, 0.29) is 4.83 Å². The van der Waals surface area contributed by atoms with E-state index < -0.39 is 0 Å². The highest BCUT2D eigenvalue weighted by Gasteiger charge is 2.21. The van der Waals surface area contributed by atoms with Crippen LogP contribution in [0.25, 0.3) is 0 Å². The first kappa shape index (κ1) is 14.8. The van der Waals surface area contributed by atoms with Crippen LogP contribution in [0, 0.1) is 0 Å². The second-order valence-corrected chi connectivity index (χ2v) is 6.47. The summed E-state index contributed by atoms with van der Waals surface area (Å²) < 4.78 is 0. The minimum absolute atomic E-state index is 0.242. The van der Waals surface area contributed by atoms with E-state index in [1.54, 1.807) is 0 Å². The largest absolute Gasteiger partial charge is 0.356 e. The first-order valence-electron chi connectivity index (χ1n) is 7.56. The fourth-order valence-corrected chi connectivity index (χ4v) is 2.88. The van der Waals surface area contributed by atoms with E-state index in [0.29, 0.717) is 6.04 Å². The molecule has 1 saturated carbocycles. The summed E-state index contributed by atoms with van der Waals surface area (Å²) in [6.45, 7) is 3.95. The van der Waals surface area contributed by atoms with Gasteiger partial charge in [-0.15, -0.1) is 0 Å². The zero-order valence-electron chi connectivity index (χ0n) is 11.8. The lowest BCUT2D eigenvalue weighted by atomic mass is 9.96. The van der Waals surface area contributed by atoms with Crippen LogP contribution >= 0.6 is 15.9 Å². The average molecular weight is 329 g/mol. The van der Waals surface area contributed by atoms with Crippen molar-refractivity contribution in [3.05, 3.63) is 0 Å². The molecule has 2 rings (SSSR count). The molecular weight excluding hydrogens is 304 g/mol. The average Bonchev–Trinajstić information content (AvgIpc) is 2.44.